The zero-order chi connectivity index (χ0) is 21.4. The third-order valence-corrected chi connectivity index (χ3v) is 7.03. The molecule has 5 rings (SSSR count). The van der Waals surface area contributed by atoms with Gasteiger partial charge in [-0.25, -0.2) is 0 Å². The van der Waals surface area contributed by atoms with E-state index >= 15 is 0 Å². The van der Waals surface area contributed by atoms with Crippen molar-refractivity contribution in [2.45, 2.75) is 19.3 Å². The molecule has 3 heterocycles. The van der Waals surface area contributed by atoms with Crippen LogP contribution in [0.15, 0.2) is 42.5 Å². The van der Waals surface area contributed by atoms with Gasteiger partial charge in [-0.3, -0.25) is 9.59 Å². The van der Waals surface area contributed by atoms with Crippen molar-refractivity contribution in [1.29, 1.82) is 0 Å². The second-order valence-electron chi connectivity index (χ2n) is 9.00. The molecule has 2 aromatic carbocycles. The highest BCUT2D eigenvalue weighted by Gasteiger charge is 2.41. The highest BCUT2D eigenvalue weighted by molar-refractivity contribution is 5.96. The summed E-state index contributed by atoms with van der Waals surface area (Å²) in [6.07, 6.45) is 2.68. The number of hydrogen-bond acceptors (Lipinski definition) is 4. The molecule has 2 N–H and O–H groups in total. The van der Waals surface area contributed by atoms with E-state index in [0.717, 1.165) is 74.4 Å². The van der Waals surface area contributed by atoms with Crippen molar-refractivity contribution < 1.29 is 14.3 Å². The summed E-state index contributed by atoms with van der Waals surface area (Å²) in [5, 5.41) is 0. The molecule has 2 saturated heterocycles. The highest BCUT2D eigenvalue weighted by Crippen LogP contribution is 2.34. The lowest BCUT2D eigenvalue weighted by Gasteiger charge is -2.22. The molecule has 6 heteroatoms. The van der Waals surface area contributed by atoms with Crippen LogP contribution in [0.3, 0.4) is 0 Å². The van der Waals surface area contributed by atoms with E-state index in [1.165, 1.54) is 0 Å². The fourth-order valence-corrected chi connectivity index (χ4v) is 5.50. The lowest BCUT2D eigenvalue weighted by molar-refractivity contribution is 0.0772. The second-order valence-corrected chi connectivity index (χ2v) is 9.00. The summed E-state index contributed by atoms with van der Waals surface area (Å²) in [7, 11) is 0. The molecule has 0 spiro atoms. The first-order valence-electron chi connectivity index (χ1n) is 11.2. The molecule has 0 bridgehead atoms. The van der Waals surface area contributed by atoms with Crippen molar-refractivity contribution in [3.63, 3.8) is 0 Å². The summed E-state index contributed by atoms with van der Waals surface area (Å²) >= 11 is 0. The van der Waals surface area contributed by atoms with Gasteiger partial charge in [0.2, 0.25) is 5.91 Å². The number of rotatable bonds is 6. The van der Waals surface area contributed by atoms with Crippen molar-refractivity contribution >= 4 is 11.8 Å². The topological polar surface area (TPSA) is 75.9 Å². The van der Waals surface area contributed by atoms with Crippen LogP contribution in [-0.2, 0) is 12.8 Å². The number of aryl methyl sites for hydroxylation is 1. The van der Waals surface area contributed by atoms with Crippen LogP contribution in [0.4, 0.5) is 0 Å². The molecule has 0 aromatic heterocycles. The Bertz CT molecular complexity index is 991. The van der Waals surface area contributed by atoms with Crippen molar-refractivity contribution in [3.05, 3.63) is 64.7 Å². The van der Waals surface area contributed by atoms with E-state index < -0.39 is 0 Å². The molecule has 2 amide bonds. The number of primary amides is 1. The van der Waals surface area contributed by atoms with E-state index in [1.807, 2.05) is 41.3 Å². The maximum Gasteiger partial charge on any atom is 0.254 e. The van der Waals surface area contributed by atoms with Crippen LogP contribution < -0.4 is 10.5 Å². The fourth-order valence-electron chi connectivity index (χ4n) is 5.50. The highest BCUT2D eigenvalue weighted by atomic mass is 16.5. The molecule has 0 aliphatic carbocycles. The van der Waals surface area contributed by atoms with Crippen LogP contribution in [0, 0.1) is 11.8 Å². The number of nitrogens with two attached hydrogens (primary N) is 1. The minimum atomic E-state index is -0.355. The molecule has 31 heavy (non-hydrogen) atoms. The van der Waals surface area contributed by atoms with Gasteiger partial charge in [-0.05, 0) is 55.0 Å². The molecule has 1 unspecified atom stereocenters. The molecule has 0 radical (unpaired) electrons. The molecule has 6 nitrogen and oxygen atoms in total. The molecule has 3 aliphatic rings. The quantitative estimate of drug-likeness (QED) is 0.780. The van der Waals surface area contributed by atoms with E-state index in [1.54, 1.807) is 6.07 Å². The van der Waals surface area contributed by atoms with Gasteiger partial charge in [-0.15, -0.1) is 0 Å². The van der Waals surface area contributed by atoms with E-state index in [9.17, 15) is 9.59 Å². The van der Waals surface area contributed by atoms with Crippen LogP contribution in [-0.4, -0.2) is 60.9 Å². The van der Waals surface area contributed by atoms with Gasteiger partial charge in [0.1, 0.15) is 5.75 Å². The first-order valence-corrected chi connectivity index (χ1v) is 11.2. The van der Waals surface area contributed by atoms with E-state index in [4.69, 9.17) is 10.5 Å². The molecule has 0 saturated carbocycles. The van der Waals surface area contributed by atoms with E-state index in [0.29, 0.717) is 24.0 Å². The first-order chi connectivity index (χ1) is 15.1. The molecular weight excluding hydrogens is 390 g/mol. The minimum absolute atomic E-state index is 0.159. The minimum Gasteiger partial charge on any atom is -0.493 e. The Balaban J connectivity index is 1.14. The monoisotopic (exact) mass is 419 g/mol. The van der Waals surface area contributed by atoms with Crippen LogP contribution in [0.25, 0.3) is 0 Å². The number of amides is 2. The third-order valence-electron chi connectivity index (χ3n) is 7.03. The van der Waals surface area contributed by atoms with Gasteiger partial charge in [0.15, 0.2) is 0 Å². The summed E-state index contributed by atoms with van der Waals surface area (Å²) in [6.45, 7) is 5.45. The van der Waals surface area contributed by atoms with E-state index in [2.05, 4.69) is 4.90 Å². The van der Waals surface area contributed by atoms with E-state index in [-0.39, 0.29) is 11.8 Å². The summed E-state index contributed by atoms with van der Waals surface area (Å²) in [5.74, 6) is 1.78. The summed E-state index contributed by atoms with van der Waals surface area (Å²) in [6, 6.07) is 13.4. The Labute approximate surface area is 183 Å². The number of ether oxygens (including phenoxy) is 1. The Morgan fingerprint density at radius 1 is 0.968 bits per heavy atom. The average Bonchev–Trinajstić information content (AvgIpc) is 3.48. The normalized spacial score (nSPS) is 22.3. The Morgan fingerprint density at radius 2 is 1.71 bits per heavy atom. The van der Waals surface area contributed by atoms with Gasteiger partial charge in [-0.2, -0.15) is 0 Å². The SMILES string of the molecule is NC(=O)c1ccccc1CCCN1CC2CN(C(=O)c3cccc4c3CCO4)C[C@@H]2C1. The third kappa shape index (κ3) is 3.92. The molecule has 2 atom stereocenters. The van der Waals surface area contributed by atoms with Crippen molar-refractivity contribution in [3.8, 4) is 5.75 Å². The zero-order valence-corrected chi connectivity index (χ0v) is 17.8. The molecule has 162 valence electrons. The Morgan fingerprint density at radius 3 is 2.48 bits per heavy atom. The van der Waals surface area contributed by atoms with Crippen LogP contribution >= 0.6 is 0 Å². The van der Waals surface area contributed by atoms with Gasteiger partial charge >= 0.3 is 0 Å². The maximum atomic E-state index is 13.2. The molecular formula is C25H29N3O3. The number of nitrogens with zero attached hydrogens (tertiary/aromatic N) is 2. The second kappa shape index (κ2) is 8.35. The predicted octanol–water partition coefficient (Wildman–Crippen LogP) is 2.36. The number of fused-ring (bicyclic) bond motifs is 2. The summed E-state index contributed by atoms with van der Waals surface area (Å²) < 4.78 is 5.63. The van der Waals surface area contributed by atoms with Crippen molar-refractivity contribution in [1.82, 2.24) is 9.80 Å². The molecule has 3 aliphatic heterocycles. The standard InChI is InChI=1S/C25H29N3O3/c26-24(29)20-7-2-1-5-17(20)6-4-11-27-13-18-15-28(16-19(18)14-27)25(30)22-8-3-9-23-21(22)10-12-31-23/h1-3,5,7-9,18-19H,4,6,10-16H2,(H2,26,29)/t18-,19?/m0/s1. The lowest BCUT2D eigenvalue weighted by atomic mass is 10.0. The first kappa shape index (κ1) is 20.1. The van der Waals surface area contributed by atoms with Crippen LogP contribution in [0.5, 0.6) is 5.75 Å². The Hall–Kier alpha value is -2.86. The van der Waals surface area contributed by atoms with Gasteiger partial charge in [0, 0.05) is 49.3 Å². The molecule has 2 aromatic rings. The largest absolute Gasteiger partial charge is 0.493 e. The van der Waals surface area contributed by atoms with Crippen LogP contribution in [0.2, 0.25) is 0 Å². The van der Waals surface area contributed by atoms with Gasteiger partial charge in [-0.1, -0.05) is 24.3 Å². The van der Waals surface area contributed by atoms with Crippen molar-refractivity contribution in [2.24, 2.45) is 17.6 Å². The van der Waals surface area contributed by atoms with Crippen molar-refractivity contribution in [2.75, 3.05) is 39.3 Å². The van der Waals surface area contributed by atoms with Gasteiger partial charge in [0.05, 0.1) is 6.61 Å². The number of likely N-dealkylation sites (tertiary alicyclic amines) is 2. The van der Waals surface area contributed by atoms with Gasteiger partial charge < -0.3 is 20.3 Å². The Kier molecular flexibility index (Phi) is 5.40. The zero-order valence-electron chi connectivity index (χ0n) is 17.8. The number of benzene rings is 2. The van der Waals surface area contributed by atoms with Crippen LogP contribution in [0.1, 0.15) is 38.3 Å². The summed E-state index contributed by atoms with van der Waals surface area (Å²) in [5.41, 5.74) is 9.05. The van der Waals surface area contributed by atoms with Gasteiger partial charge in [0.25, 0.3) is 5.91 Å². The number of carbonyl (C=O) groups excluding carboxylic acids is 2. The number of hydrogen-bond donors (Lipinski definition) is 1. The average molecular weight is 420 g/mol. The number of carbonyl (C=O) groups is 2. The predicted molar refractivity (Wildman–Crippen MR) is 118 cm³/mol. The smallest absolute Gasteiger partial charge is 0.254 e. The fraction of sp³-hybridized carbons (Fsp3) is 0.440. The molecule has 2 fully saturated rings. The maximum absolute atomic E-state index is 13.2. The summed E-state index contributed by atoms with van der Waals surface area (Å²) in [4.78, 5) is 29.3. The lowest BCUT2D eigenvalue weighted by Crippen LogP contribution is -2.34.